The molecule has 2 rings (SSSR count). The van der Waals surface area contributed by atoms with Crippen molar-refractivity contribution >= 4 is 17.9 Å². The fourth-order valence-electron chi connectivity index (χ4n) is 2.03. The molecule has 132 valence electrons. The van der Waals surface area contributed by atoms with Crippen LogP contribution in [-0.2, 0) is 20.7 Å². The van der Waals surface area contributed by atoms with Gasteiger partial charge in [0.2, 0.25) is 0 Å². The molecule has 25 heavy (non-hydrogen) atoms. The van der Waals surface area contributed by atoms with Crippen LogP contribution in [0.1, 0.15) is 18.5 Å². The van der Waals surface area contributed by atoms with Gasteiger partial charge in [-0.05, 0) is 22.9 Å². The number of ether oxygens (including phenoxy) is 1. The molecule has 1 heterocycles. The van der Waals surface area contributed by atoms with Gasteiger partial charge in [-0.25, -0.2) is 14.3 Å². The molecule has 0 fully saturated rings. The van der Waals surface area contributed by atoms with Crippen molar-refractivity contribution in [3.8, 4) is 0 Å². The van der Waals surface area contributed by atoms with Crippen LogP contribution in [0.2, 0.25) is 0 Å². The number of carbonyl (C=O) groups is 3. The maximum Gasteiger partial charge on any atom is 0.331 e. The number of esters is 1. The lowest BCUT2D eigenvalue weighted by Gasteiger charge is -2.15. The van der Waals surface area contributed by atoms with Gasteiger partial charge in [0.1, 0.15) is 6.33 Å². The van der Waals surface area contributed by atoms with Gasteiger partial charge in [-0.3, -0.25) is 10.1 Å². The minimum atomic E-state index is -0.824. The van der Waals surface area contributed by atoms with Crippen molar-refractivity contribution in [2.24, 2.45) is 0 Å². The van der Waals surface area contributed by atoms with E-state index in [1.807, 2.05) is 35.6 Å². The van der Waals surface area contributed by atoms with E-state index in [1.54, 1.807) is 6.92 Å². The fraction of sp³-hybridized carbons (Fsp3) is 0.333. The Morgan fingerprint density at radius 3 is 2.64 bits per heavy atom. The first-order valence-electron chi connectivity index (χ1n) is 7.61. The summed E-state index contributed by atoms with van der Waals surface area (Å²) in [6, 6.07) is 7.78. The monoisotopic (exact) mass is 346 g/mol. The summed E-state index contributed by atoms with van der Waals surface area (Å²) in [4.78, 5) is 35.2. The van der Waals surface area contributed by atoms with Crippen LogP contribution in [0.15, 0.2) is 36.7 Å². The molecule has 0 aliphatic carbocycles. The quantitative estimate of drug-likeness (QED) is 0.667. The molecule has 0 saturated carbocycles. The van der Waals surface area contributed by atoms with Gasteiger partial charge in [0.15, 0.2) is 12.6 Å². The molecule has 0 aliphatic rings. The molecule has 10 nitrogen and oxygen atoms in total. The zero-order chi connectivity index (χ0) is 18.1. The molecule has 0 aliphatic heterocycles. The summed E-state index contributed by atoms with van der Waals surface area (Å²) in [6.45, 7) is 1.51. The van der Waals surface area contributed by atoms with E-state index < -0.39 is 30.6 Å². The van der Waals surface area contributed by atoms with Gasteiger partial charge < -0.3 is 10.1 Å². The first kappa shape index (κ1) is 18.0. The molecule has 0 saturated heterocycles. The van der Waals surface area contributed by atoms with Gasteiger partial charge in [-0.1, -0.05) is 30.3 Å². The van der Waals surface area contributed by atoms with E-state index in [2.05, 4.69) is 20.8 Å². The highest BCUT2D eigenvalue weighted by atomic mass is 16.5. The van der Waals surface area contributed by atoms with Crippen LogP contribution in [0, 0.1) is 0 Å². The Balaban J connectivity index is 1.96. The summed E-state index contributed by atoms with van der Waals surface area (Å²) < 4.78 is 6.25. The Hall–Kier alpha value is -3.30. The first-order chi connectivity index (χ1) is 12.1. The number of imide groups is 1. The Labute approximate surface area is 143 Å². The summed E-state index contributed by atoms with van der Waals surface area (Å²) in [5, 5.41) is 15.2. The Bertz CT molecular complexity index is 704. The highest BCUT2D eigenvalue weighted by Crippen LogP contribution is 2.14. The Kier molecular flexibility index (Phi) is 6.57. The molecule has 2 aromatic rings. The Morgan fingerprint density at radius 2 is 2.00 bits per heavy atom. The van der Waals surface area contributed by atoms with E-state index in [-0.39, 0.29) is 0 Å². The SMILES string of the molecule is CCNC(=O)NC(=O)COC(=O)[C@@H](Cc1ccccc1)n1cnnn1. The van der Waals surface area contributed by atoms with Crippen LogP contribution < -0.4 is 10.6 Å². The third-order valence-corrected chi connectivity index (χ3v) is 3.16. The zero-order valence-corrected chi connectivity index (χ0v) is 13.6. The topological polar surface area (TPSA) is 128 Å². The van der Waals surface area contributed by atoms with Crippen molar-refractivity contribution in [3.05, 3.63) is 42.2 Å². The second kappa shape index (κ2) is 9.11. The molecule has 0 bridgehead atoms. The highest BCUT2D eigenvalue weighted by molar-refractivity contribution is 5.95. The van der Waals surface area contributed by atoms with Crippen molar-refractivity contribution in [1.29, 1.82) is 0 Å². The van der Waals surface area contributed by atoms with Crippen LogP contribution in [0.4, 0.5) is 4.79 Å². The normalized spacial score (nSPS) is 11.4. The number of hydrogen-bond acceptors (Lipinski definition) is 7. The number of urea groups is 1. The molecule has 10 heteroatoms. The van der Waals surface area contributed by atoms with E-state index in [9.17, 15) is 14.4 Å². The minimum absolute atomic E-state index is 0.294. The van der Waals surface area contributed by atoms with Crippen LogP contribution in [-0.4, -0.2) is 51.3 Å². The number of hydrogen-bond donors (Lipinski definition) is 2. The van der Waals surface area contributed by atoms with E-state index in [0.29, 0.717) is 13.0 Å². The van der Waals surface area contributed by atoms with E-state index >= 15 is 0 Å². The van der Waals surface area contributed by atoms with Crippen molar-refractivity contribution in [2.45, 2.75) is 19.4 Å². The third-order valence-electron chi connectivity index (χ3n) is 3.16. The number of aromatic nitrogens is 4. The Morgan fingerprint density at radius 1 is 1.24 bits per heavy atom. The number of nitrogens with zero attached hydrogens (tertiary/aromatic N) is 4. The zero-order valence-electron chi connectivity index (χ0n) is 13.6. The number of amides is 3. The average Bonchev–Trinajstić information content (AvgIpc) is 3.13. The standard InChI is InChI=1S/C15H18N6O4/c1-2-16-15(24)18-13(22)9-25-14(23)12(21-10-17-19-20-21)8-11-6-4-3-5-7-11/h3-7,10,12H,2,8-9H2,1H3,(H2,16,18,22,24)/t12-/m1/s1. The van der Waals surface area contributed by atoms with Crippen molar-refractivity contribution in [2.75, 3.05) is 13.2 Å². The van der Waals surface area contributed by atoms with Gasteiger partial charge in [0, 0.05) is 13.0 Å². The fourth-order valence-corrected chi connectivity index (χ4v) is 2.03. The van der Waals surface area contributed by atoms with Gasteiger partial charge in [-0.2, -0.15) is 0 Å². The van der Waals surface area contributed by atoms with E-state index in [4.69, 9.17) is 4.74 Å². The summed E-state index contributed by atoms with van der Waals surface area (Å²) in [6.07, 6.45) is 1.59. The number of tetrazole rings is 1. The van der Waals surface area contributed by atoms with Gasteiger partial charge in [0.05, 0.1) is 0 Å². The largest absolute Gasteiger partial charge is 0.454 e. The van der Waals surface area contributed by atoms with Crippen LogP contribution in [0.3, 0.4) is 0 Å². The van der Waals surface area contributed by atoms with E-state index in [0.717, 1.165) is 5.56 Å². The minimum Gasteiger partial charge on any atom is -0.454 e. The molecule has 0 spiro atoms. The molecule has 1 aromatic carbocycles. The predicted octanol–water partition coefficient (Wildman–Crippen LogP) is -0.154. The molecule has 0 radical (unpaired) electrons. The summed E-state index contributed by atoms with van der Waals surface area (Å²) in [5.74, 6) is -1.41. The molecular formula is C15H18N6O4. The summed E-state index contributed by atoms with van der Waals surface area (Å²) in [7, 11) is 0. The van der Waals surface area contributed by atoms with Gasteiger partial charge in [-0.15, -0.1) is 5.10 Å². The maximum absolute atomic E-state index is 12.3. The second-order valence-corrected chi connectivity index (χ2v) is 5.01. The predicted molar refractivity (Wildman–Crippen MR) is 85.2 cm³/mol. The molecule has 1 atom stereocenters. The molecular weight excluding hydrogens is 328 g/mol. The number of benzene rings is 1. The van der Waals surface area contributed by atoms with Gasteiger partial charge in [0.25, 0.3) is 5.91 Å². The first-order valence-corrected chi connectivity index (χ1v) is 7.61. The number of nitrogens with one attached hydrogen (secondary N) is 2. The van der Waals surface area contributed by atoms with Gasteiger partial charge >= 0.3 is 12.0 Å². The summed E-state index contributed by atoms with van der Waals surface area (Å²) in [5.41, 5.74) is 0.881. The summed E-state index contributed by atoms with van der Waals surface area (Å²) >= 11 is 0. The van der Waals surface area contributed by atoms with Crippen LogP contribution in [0.25, 0.3) is 0 Å². The van der Waals surface area contributed by atoms with E-state index in [1.165, 1.54) is 11.0 Å². The molecule has 0 unspecified atom stereocenters. The third kappa shape index (κ3) is 5.68. The van der Waals surface area contributed by atoms with Crippen molar-refractivity contribution < 1.29 is 19.1 Å². The lowest BCUT2D eigenvalue weighted by atomic mass is 10.1. The van der Waals surface area contributed by atoms with Crippen molar-refractivity contribution in [3.63, 3.8) is 0 Å². The maximum atomic E-state index is 12.3. The molecule has 3 amide bonds. The lowest BCUT2D eigenvalue weighted by Crippen LogP contribution is -2.41. The highest BCUT2D eigenvalue weighted by Gasteiger charge is 2.25. The smallest absolute Gasteiger partial charge is 0.331 e. The van der Waals surface area contributed by atoms with Crippen LogP contribution in [0.5, 0.6) is 0 Å². The molecule has 2 N–H and O–H groups in total. The lowest BCUT2D eigenvalue weighted by molar-refractivity contribution is -0.152. The number of rotatable bonds is 7. The molecule has 1 aromatic heterocycles. The number of carbonyl (C=O) groups excluding carboxylic acids is 3. The van der Waals surface area contributed by atoms with Crippen molar-refractivity contribution in [1.82, 2.24) is 30.8 Å². The second-order valence-electron chi connectivity index (χ2n) is 5.01. The van der Waals surface area contributed by atoms with Crippen LogP contribution >= 0.6 is 0 Å². The average molecular weight is 346 g/mol.